The SMILES string of the molecule is Cc1cc(C(=O)Cl)cc([N+](=O)[O-])c1C#N. The Hall–Kier alpha value is -1.93. The summed E-state index contributed by atoms with van der Waals surface area (Å²) >= 11 is 5.20. The van der Waals surface area contributed by atoms with Crippen molar-refractivity contribution in [1.82, 2.24) is 0 Å². The molecule has 0 saturated carbocycles. The molecule has 15 heavy (non-hydrogen) atoms. The zero-order valence-electron chi connectivity index (χ0n) is 7.65. The van der Waals surface area contributed by atoms with Crippen LogP contribution in [0.1, 0.15) is 21.5 Å². The van der Waals surface area contributed by atoms with E-state index in [0.29, 0.717) is 5.56 Å². The minimum atomic E-state index is -0.786. The predicted octanol–water partition coefficient (Wildman–Crippen LogP) is 2.15. The van der Waals surface area contributed by atoms with Crippen LogP contribution < -0.4 is 0 Å². The van der Waals surface area contributed by atoms with Crippen molar-refractivity contribution in [2.75, 3.05) is 0 Å². The largest absolute Gasteiger partial charge is 0.288 e. The first-order valence-electron chi connectivity index (χ1n) is 3.86. The van der Waals surface area contributed by atoms with Gasteiger partial charge in [-0.05, 0) is 30.2 Å². The molecule has 0 atom stereocenters. The summed E-state index contributed by atoms with van der Waals surface area (Å²) in [4.78, 5) is 20.7. The van der Waals surface area contributed by atoms with E-state index in [1.54, 1.807) is 6.07 Å². The van der Waals surface area contributed by atoms with E-state index >= 15 is 0 Å². The third-order valence-electron chi connectivity index (χ3n) is 1.85. The molecule has 0 radical (unpaired) electrons. The highest BCUT2D eigenvalue weighted by Crippen LogP contribution is 2.24. The van der Waals surface area contributed by atoms with Crippen molar-refractivity contribution in [3.63, 3.8) is 0 Å². The zero-order valence-corrected chi connectivity index (χ0v) is 8.41. The molecule has 1 rings (SSSR count). The van der Waals surface area contributed by atoms with E-state index in [1.165, 1.54) is 13.0 Å². The maximum atomic E-state index is 10.8. The second kappa shape index (κ2) is 4.07. The number of rotatable bonds is 2. The molecular formula is C9H5ClN2O3. The van der Waals surface area contributed by atoms with Crippen molar-refractivity contribution in [2.45, 2.75) is 6.92 Å². The summed E-state index contributed by atoms with van der Waals surface area (Å²) < 4.78 is 0. The number of carbonyl (C=O) groups excluding carboxylic acids is 1. The molecular weight excluding hydrogens is 220 g/mol. The van der Waals surface area contributed by atoms with Gasteiger partial charge in [-0.25, -0.2) is 0 Å². The summed E-state index contributed by atoms with van der Waals surface area (Å²) in [5.41, 5.74) is -0.0845. The van der Waals surface area contributed by atoms with Crippen LogP contribution in [0, 0.1) is 28.4 Å². The van der Waals surface area contributed by atoms with Crippen LogP contribution in [0.15, 0.2) is 12.1 Å². The summed E-state index contributed by atoms with van der Waals surface area (Å²) in [5.74, 6) is 0. The Balaban J connectivity index is 3.54. The topological polar surface area (TPSA) is 84.0 Å². The van der Waals surface area contributed by atoms with Crippen LogP contribution >= 0.6 is 11.6 Å². The Bertz CT molecular complexity index is 491. The van der Waals surface area contributed by atoms with Gasteiger partial charge in [-0.15, -0.1) is 0 Å². The van der Waals surface area contributed by atoms with Crippen LogP contribution in [-0.2, 0) is 0 Å². The number of aryl methyl sites for hydroxylation is 1. The van der Waals surface area contributed by atoms with Gasteiger partial charge < -0.3 is 0 Å². The number of hydrogen-bond donors (Lipinski definition) is 0. The highest BCUT2D eigenvalue weighted by molar-refractivity contribution is 6.67. The molecule has 1 aromatic rings. The normalized spacial score (nSPS) is 9.40. The van der Waals surface area contributed by atoms with Crippen molar-refractivity contribution in [2.24, 2.45) is 0 Å². The molecule has 0 unspecified atom stereocenters. The van der Waals surface area contributed by atoms with Crippen molar-refractivity contribution >= 4 is 22.5 Å². The number of halogens is 1. The second-order valence-corrected chi connectivity index (χ2v) is 3.17. The molecule has 0 amide bonds. The average Bonchev–Trinajstić information content (AvgIpc) is 2.16. The summed E-state index contributed by atoms with van der Waals surface area (Å²) in [6.07, 6.45) is 0. The number of carbonyl (C=O) groups is 1. The average molecular weight is 225 g/mol. The van der Waals surface area contributed by atoms with Crippen molar-refractivity contribution < 1.29 is 9.72 Å². The van der Waals surface area contributed by atoms with Gasteiger partial charge in [0.25, 0.3) is 10.9 Å². The zero-order chi connectivity index (χ0) is 11.6. The van der Waals surface area contributed by atoms with Crippen LogP contribution in [0.2, 0.25) is 0 Å². The lowest BCUT2D eigenvalue weighted by atomic mass is 10.0. The van der Waals surface area contributed by atoms with E-state index in [4.69, 9.17) is 16.9 Å². The summed E-state index contributed by atoms with van der Waals surface area (Å²) in [5, 5.41) is 18.5. The van der Waals surface area contributed by atoms with E-state index in [9.17, 15) is 14.9 Å². The molecule has 0 aliphatic rings. The highest BCUT2D eigenvalue weighted by Gasteiger charge is 2.19. The van der Waals surface area contributed by atoms with E-state index in [1.807, 2.05) is 0 Å². The molecule has 1 aromatic carbocycles. The van der Waals surface area contributed by atoms with Gasteiger partial charge in [0.1, 0.15) is 11.6 Å². The summed E-state index contributed by atoms with van der Waals surface area (Å²) in [7, 11) is 0. The standard InChI is InChI=1S/C9H5ClN2O3/c1-5-2-6(9(10)13)3-8(12(14)15)7(5)4-11/h2-3H,1H3. The number of nitro groups is 1. The van der Waals surface area contributed by atoms with Crippen LogP contribution in [-0.4, -0.2) is 10.2 Å². The summed E-state index contributed by atoms with van der Waals surface area (Å²) in [6, 6.07) is 4.06. The Morgan fingerprint density at radius 2 is 2.20 bits per heavy atom. The molecule has 76 valence electrons. The molecule has 0 spiro atoms. The third kappa shape index (κ3) is 2.11. The number of hydrogen-bond acceptors (Lipinski definition) is 4. The third-order valence-corrected chi connectivity index (χ3v) is 2.07. The fourth-order valence-corrected chi connectivity index (χ4v) is 1.28. The Morgan fingerprint density at radius 1 is 1.60 bits per heavy atom. The van der Waals surface area contributed by atoms with Crippen molar-refractivity contribution in [3.8, 4) is 6.07 Å². The van der Waals surface area contributed by atoms with Gasteiger partial charge in [-0.2, -0.15) is 5.26 Å². The van der Waals surface area contributed by atoms with Crippen LogP contribution in [0.5, 0.6) is 0 Å². The first-order chi connectivity index (χ1) is 6.97. The Morgan fingerprint density at radius 3 is 2.60 bits per heavy atom. The van der Waals surface area contributed by atoms with E-state index in [0.717, 1.165) is 6.07 Å². The monoisotopic (exact) mass is 224 g/mol. The molecule has 0 aliphatic heterocycles. The minimum absolute atomic E-state index is 0.0138. The molecule has 0 bridgehead atoms. The molecule has 0 saturated heterocycles. The van der Waals surface area contributed by atoms with E-state index in [-0.39, 0.29) is 11.1 Å². The highest BCUT2D eigenvalue weighted by atomic mass is 35.5. The maximum absolute atomic E-state index is 10.8. The quantitative estimate of drug-likeness (QED) is 0.438. The van der Waals surface area contributed by atoms with Gasteiger partial charge in [0, 0.05) is 11.6 Å². The lowest BCUT2D eigenvalue weighted by molar-refractivity contribution is -0.385. The lowest BCUT2D eigenvalue weighted by Crippen LogP contribution is -1.99. The van der Waals surface area contributed by atoms with Crippen LogP contribution in [0.4, 0.5) is 5.69 Å². The number of nitro benzene ring substituents is 1. The van der Waals surface area contributed by atoms with Gasteiger partial charge in [0.05, 0.1) is 4.92 Å². The van der Waals surface area contributed by atoms with Crippen molar-refractivity contribution in [3.05, 3.63) is 38.9 Å². The molecule has 0 heterocycles. The fourth-order valence-electron chi connectivity index (χ4n) is 1.17. The van der Waals surface area contributed by atoms with Crippen LogP contribution in [0.25, 0.3) is 0 Å². The predicted molar refractivity (Wildman–Crippen MR) is 52.7 cm³/mol. The smallest absolute Gasteiger partial charge is 0.276 e. The van der Waals surface area contributed by atoms with Gasteiger partial charge in [0.2, 0.25) is 0 Å². The first kappa shape index (κ1) is 11.1. The van der Waals surface area contributed by atoms with Gasteiger partial charge >= 0.3 is 0 Å². The minimum Gasteiger partial charge on any atom is -0.276 e. The molecule has 0 N–H and O–H groups in total. The number of benzene rings is 1. The maximum Gasteiger partial charge on any atom is 0.288 e. The van der Waals surface area contributed by atoms with E-state index in [2.05, 4.69) is 0 Å². The number of nitrogens with zero attached hydrogens (tertiary/aromatic N) is 2. The number of nitriles is 1. The molecule has 0 fully saturated rings. The van der Waals surface area contributed by atoms with Gasteiger partial charge in [0.15, 0.2) is 0 Å². The second-order valence-electron chi connectivity index (χ2n) is 2.83. The Kier molecular flexibility index (Phi) is 3.02. The lowest BCUT2D eigenvalue weighted by Gasteiger charge is -2.01. The van der Waals surface area contributed by atoms with Gasteiger partial charge in [-0.3, -0.25) is 14.9 Å². The van der Waals surface area contributed by atoms with Gasteiger partial charge in [-0.1, -0.05) is 0 Å². The van der Waals surface area contributed by atoms with Crippen LogP contribution in [0.3, 0.4) is 0 Å². The first-order valence-corrected chi connectivity index (χ1v) is 4.24. The molecule has 0 aromatic heterocycles. The summed E-state index contributed by atoms with van der Waals surface area (Å²) in [6.45, 7) is 1.51. The fraction of sp³-hybridized carbons (Fsp3) is 0.111. The molecule has 0 aliphatic carbocycles. The molecule has 6 heteroatoms. The Labute approximate surface area is 90.0 Å². The van der Waals surface area contributed by atoms with Crippen molar-refractivity contribution in [1.29, 1.82) is 5.26 Å². The molecule has 5 nitrogen and oxygen atoms in total. The van der Waals surface area contributed by atoms with E-state index < -0.39 is 15.9 Å².